The minimum absolute atomic E-state index is 0.122. The molecule has 0 rings (SSSR count). The molecule has 0 radical (unpaired) electrons. The molecular formula is C75H114O6. The minimum Gasteiger partial charge on any atom is -0.462 e. The van der Waals surface area contributed by atoms with Gasteiger partial charge in [-0.15, -0.1) is 0 Å². The maximum atomic E-state index is 12.9. The van der Waals surface area contributed by atoms with E-state index in [-0.39, 0.29) is 44.0 Å². The van der Waals surface area contributed by atoms with E-state index in [1.807, 2.05) is 0 Å². The molecule has 1 unspecified atom stereocenters. The lowest BCUT2D eigenvalue weighted by Gasteiger charge is -2.18. The Morgan fingerprint density at radius 2 is 0.444 bits per heavy atom. The summed E-state index contributed by atoms with van der Waals surface area (Å²) in [6.07, 6.45) is 102. The van der Waals surface area contributed by atoms with Gasteiger partial charge in [-0.05, 0) is 161 Å². The van der Waals surface area contributed by atoms with E-state index < -0.39 is 6.10 Å². The van der Waals surface area contributed by atoms with Gasteiger partial charge in [0.15, 0.2) is 6.10 Å². The first-order chi connectivity index (χ1) is 40.0. The quantitative estimate of drug-likeness (QED) is 0.0261. The average molecular weight is 1110 g/mol. The topological polar surface area (TPSA) is 78.9 Å². The molecule has 0 aromatic carbocycles. The number of rotatable bonds is 55. The van der Waals surface area contributed by atoms with Gasteiger partial charge < -0.3 is 14.2 Å². The smallest absolute Gasteiger partial charge is 0.306 e. The zero-order chi connectivity index (χ0) is 58.5. The third kappa shape index (κ3) is 64.9. The summed E-state index contributed by atoms with van der Waals surface area (Å²) in [5.74, 6) is -1.03. The van der Waals surface area contributed by atoms with Crippen molar-refractivity contribution in [1.29, 1.82) is 0 Å². The van der Waals surface area contributed by atoms with Gasteiger partial charge in [0.25, 0.3) is 0 Å². The molecule has 0 amide bonds. The van der Waals surface area contributed by atoms with Crippen molar-refractivity contribution in [2.24, 2.45) is 0 Å². The molecule has 0 fully saturated rings. The van der Waals surface area contributed by atoms with E-state index in [1.54, 1.807) is 0 Å². The molecular weight excluding hydrogens is 997 g/mol. The average Bonchev–Trinajstić information content (AvgIpc) is 3.47. The second-order valence-electron chi connectivity index (χ2n) is 20.2. The molecule has 1 atom stereocenters. The number of ether oxygens (including phenoxy) is 3. The van der Waals surface area contributed by atoms with E-state index in [1.165, 1.54) is 32.1 Å². The van der Waals surface area contributed by atoms with Crippen molar-refractivity contribution in [3.05, 3.63) is 194 Å². The Balaban J connectivity index is 4.39. The largest absolute Gasteiger partial charge is 0.462 e. The van der Waals surface area contributed by atoms with Gasteiger partial charge in [0.2, 0.25) is 0 Å². The van der Waals surface area contributed by atoms with E-state index in [4.69, 9.17) is 14.2 Å². The summed E-state index contributed by atoms with van der Waals surface area (Å²) >= 11 is 0. The van der Waals surface area contributed by atoms with Crippen molar-refractivity contribution in [3.8, 4) is 0 Å². The molecule has 0 aliphatic rings. The maximum Gasteiger partial charge on any atom is 0.306 e. The molecule has 6 nitrogen and oxygen atoms in total. The standard InChI is InChI=1S/C75H114O6/c1-4-7-10-13-16-19-22-25-28-29-30-31-32-33-34-35-36-37-38-39-40-41-42-43-44-45-48-50-53-56-59-62-65-68-74(77)80-71-72(81-75(78)69-66-63-60-57-54-51-47-27-24-21-18-15-12-9-6-3)70-79-73(76)67-64-61-58-55-52-49-46-26-23-20-17-14-11-8-5-2/h7-12,16-21,25-28,30-31,33-34,36-37,39-40,42-43,46-47,52,54-55,57,72H,4-6,13-15,22-24,29,32,35,38,41,44-45,48-51,53,56,58-71H2,1-3H3/b10-7-,11-8-,12-9-,19-16-,20-17-,21-18-,28-25-,31-30-,34-33-,37-36-,40-39-,43-42-,46-26-,47-27-,55-52-,57-54-. The number of carbonyl (C=O) groups excluding carboxylic acids is 3. The highest BCUT2D eigenvalue weighted by Gasteiger charge is 2.19. The molecule has 0 heterocycles. The molecule has 0 aliphatic heterocycles. The highest BCUT2D eigenvalue weighted by atomic mass is 16.6. The fourth-order valence-corrected chi connectivity index (χ4v) is 7.91. The Morgan fingerprint density at radius 1 is 0.247 bits per heavy atom. The Hall–Kier alpha value is -5.75. The van der Waals surface area contributed by atoms with Crippen molar-refractivity contribution in [3.63, 3.8) is 0 Å². The molecule has 0 spiro atoms. The number of carbonyl (C=O) groups is 3. The van der Waals surface area contributed by atoms with Crippen LogP contribution >= 0.6 is 0 Å². The van der Waals surface area contributed by atoms with Crippen LogP contribution in [-0.4, -0.2) is 37.2 Å². The predicted octanol–water partition coefficient (Wildman–Crippen LogP) is 22.2. The number of unbranched alkanes of at least 4 members (excludes halogenated alkanes) is 12. The lowest BCUT2D eigenvalue weighted by molar-refractivity contribution is -0.167. The zero-order valence-corrected chi connectivity index (χ0v) is 51.5. The summed E-state index contributed by atoms with van der Waals surface area (Å²) in [7, 11) is 0. The number of allylic oxidation sites excluding steroid dienone is 32. The van der Waals surface area contributed by atoms with Crippen molar-refractivity contribution < 1.29 is 28.6 Å². The molecule has 81 heavy (non-hydrogen) atoms. The van der Waals surface area contributed by atoms with Crippen LogP contribution in [0.2, 0.25) is 0 Å². The van der Waals surface area contributed by atoms with E-state index >= 15 is 0 Å². The predicted molar refractivity (Wildman–Crippen MR) is 352 cm³/mol. The first-order valence-electron chi connectivity index (χ1n) is 31.9. The third-order valence-corrected chi connectivity index (χ3v) is 12.6. The Kier molecular flexibility index (Phi) is 62.0. The molecule has 0 aromatic rings. The van der Waals surface area contributed by atoms with E-state index in [9.17, 15) is 14.4 Å². The summed E-state index contributed by atoms with van der Waals surface area (Å²) < 4.78 is 16.8. The molecule has 0 aliphatic carbocycles. The van der Waals surface area contributed by atoms with E-state index in [0.717, 1.165) is 154 Å². The number of hydrogen-bond acceptors (Lipinski definition) is 6. The lowest BCUT2D eigenvalue weighted by Crippen LogP contribution is -2.30. The molecule has 0 saturated carbocycles. The van der Waals surface area contributed by atoms with Crippen LogP contribution in [-0.2, 0) is 28.6 Å². The van der Waals surface area contributed by atoms with Gasteiger partial charge in [-0.2, -0.15) is 0 Å². The van der Waals surface area contributed by atoms with E-state index in [2.05, 4.69) is 215 Å². The van der Waals surface area contributed by atoms with Crippen LogP contribution in [0.15, 0.2) is 194 Å². The van der Waals surface area contributed by atoms with Crippen molar-refractivity contribution in [2.45, 2.75) is 245 Å². The summed E-state index contributed by atoms with van der Waals surface area (Å²) in [5, 5.41) is 0. The van der Waals surface area contributed by atoms with Crippen LogP contribution < -0.4 is 0 Å². The van der Waals surface area contributed by atoms with Crippen LogP contribution in [0.25, 0.3) is 0 Å². The first kappa shape index (κ1) is 75.2. The number of esters is 3. The van der Waals surface area contributed by atoms with Crippen LogP contribution in [0.1, 0.15) is 239 Å². The number of hydrogen-bond donors (Lipinski definition) is 0. The fraction of sp³-hybridized carbons (Fsp3) is 0.533. The van der Waals surface area contributed by atoms with Crippen molar-refractivity contribution in [2.75, 3.05) is 13.2 Å². The van der Waals surface area contributed by atoms with Crippen LogP contribution in [0.4, 0.5) is 0 Å². The van der Waals surface area contributed by atoms with Gasteiger partial charge in [0.1, 0.15) is 13.2 Å². The van der Waals surface area contributed by atoms with Gasteiger partial charge in [-0.3, -0.25) is 14.4 Å². The maximum absolute atomic E-state index is 12.9. The van der Waals surface area contributed by atoms with Crippen LogP contribution in [0.5, 0.6) is 0 Å². The molecule has 6 heteroatoms. The fourth-order valence-electron chi connectivity index (χ4n) is 7.91. The van der Waals surface area contributed by atoms with Gasteiger partial charge in [-0.1, -0.05) is 254 Å². The molecule has 450 valence electrons. The molecule has 0 bridgehead atoms. The summed E-state index contributed by atoms with van der Waals surface area (Å²) in [4.78, 5) is 38.2. The Morgan fingerprint density at radius 3 is 0.716 bits per heavy atom. The van der Waals surface area contributed by atoms with E-state index in [0.29, 0.717) is 19.3 Å². The van der Waals surface area contributed by atoms with Crippen molar-refractivity contribution in [1.82, 2.24) is 0 Å². The Labute approximate surface area is 497 Å². The van der Waals surface area contributed by atoms with Gasteiger partial charge in [0.05, 0.1) is 0 Å². The first-order valence-corrected chi connectivity index (χ1v) is 31.9. The van der Waals surface area contributed by atoms with Crippen molar-refractivity contribution >= 4 is 17.9 Å². The Bertz CT molecular complexity index is 1950. The van der Waals surface area contributed by atoms with Gasteiger partial charge >= 0.3 is 17.9 Å². The van der Waals surface area contributed by atoms with Crippen LogP contribution in [0.3, 0.4) is 0 Å². The third-order valence-electron chi connectivity index (χ3n) is 12.6. The summed E-state index contributed by atoms with van der Waals surface area (Å²) in [6, 6.07) is 0. The van der Waals surface area contributed by atoms with Crippen LogP contribution in [0, 0.1) is 0 Å². The van der Waals surface area contributed by atoms with Gasteiger partial charge in [-0.25, -0.2) is 0 Å². The monoisotopic (exact) mass is 1110 g/mol. The van der Waals surface area contributed by atoms with Gasteiger partial charge in [0, 0.05) is 19.3 Å². The highest BCUT2D eigenvalue weighted by Crippen LogP contribution is 2.13. The highest BCUT2D eigenvalue weighted by molar-refractivity contribution is 5.71. The second-order valence-corrected chi connectivity index (χ2v) is 20.2. The normalized spacial score (nSPS) is 13.5. The molecule has 0 N–H and O–H groups in total. The lowest BCUT2D eigenvalue weighted by atomic mass is 10.1. The second kappa shape index (κ2) is 66.8. The molecule has 0 saturated heterocycles. The summed E-state index contributed by atoms with van der Waals surface area (Å²) in [5.41, 5.74) is 0. The summed E-state index contributed by atoms with van der Waals surface area (Å²) in [6.45, 7) is 6.20. The minimum atomic E-state index is -0.832. The molecule has 0 aromatic heterocycles. The SMILES string of the molecule is CC/C=C\C/C=C\C/C=C\C/C=C\C/C=C\C/C=C\C/C=C\C/C=C\CCCCCCCCCCC(=O)OCC(COC(=O)CCCC/C=C\C/C=C\C/C=C\C/C=C\CC)OC(=O)CCCC/C=C\C/C=C\C/C=C\C/C=C\CC. The zero-order valence-electron chi connectivity index (χ0n) is 51.5.